The molecule has 0 aromatic heterocycles. The third kappa shape index (κ3) is 8.10. The van der Waals surface area contributed by atoms with Gasteiger partial charge < -0.3 is 16.4 Å². The Hall–Kier alpha value is -2.20. The first kappa shape index (κ1) is 25.1. The van der Waals surface area contributed by atoms with Gasteiger partial charge in [-0.15, -0.1) is 24.0 Å². The minimum Gasteiger partial charge on any atom is -0.369 e. The lowest BCUT2D eigenvalue weighted by molar-refractivity contribution is -0.123. The van der Waals surface area contributed by atoms with Crippen molar-refractivity contribution < 1.29 is 9.18 Å². The lowest BCUT2D eigenvalue weighted by Crippen LogP contribution is -2.40. The van der Waals surface area contributed by atoms with Crippen LogP contribution in [0.5, 0.6) is 0 Å². The maximum Gasteiger partial charge on any atom is 0.221 e. The number of halogens is 2. The predicted octanol–water partition coefficient (Wildman–Crippen LogP) is 3.01. The molecule has 1 aliphatic rings. The predicted molar refractivity (Wildman–Crippen MR) is 132 cm³/mol. The second kappa shape index (κ2) is 12.6. The van der Waals surface area contributed by atoms with Crippen LogP contribution in [-0.4, -0.2) is 36.9 Å². The van der Waals surface area contributed by atoms with Gasteiger partial charge in [-0.1, -0.05) is 36.4 Å². The number of amides is 1. The van der Waals surface area contributed by atoms with Gasteiger partial charge >= 0.3 is 0 Å². The smallest absolute Gasteiger partial charge is 0.221 e. The van der Waals surface area contributed by atoms with Crippen molar-refractivity contribution in [2.45, 2.75) is 32.5 Å². The molecule has 1 unspecified atom stereocenters. The molecule has 0 aliphatic carbocycles. The summed E-state index contributed by atoms with van der Waals surface area (Å²) < 4.78 is 13.0. The molecule has 1 aliphatic heterocycles. The van der Waals surface area contributed by atoms with E-state index in [4.69, 9.17) is 5.73 Å². The van der Waals surface area contributed by atoms with Crippen LogP contribution in [-0.2, 0) is 24.4 Å². The Morgan fingerprint density at radius 1 is 1.13 bits per heavy atom. The zero-order valence-electron chi connectivity index (χ0n) is 17.8. The quantitative estimate of drug-likeness (QED) is 0.287. The van der Waals surface area contributed by atoms with E-state index in [1.807, 2.05) is 0 Å². The zero-order chi connectivity index (χ0) is 21.3. The minimum atomic E-state index is -0.240. The van der Waals surface area contributed by atoms with Gasteiger partial charge in [-0.25, -0.2) is 4.39 Å². The van der Waals surface area contributed by atoms with Crippen LogP contribution in [0.1, 0.15) is 29.5 Å². The maximum absolute atomic E-state index is 13.0. The Morgan fingerprint density at radius 3 is 2.48 bits per heavy atom. The average molecular weight is 539 g/mol. The fourth-order valence-corrected chi connectivity index (χ4v) is 3.72. The van der Waals surface area contributed by atoms with E-state index < -0.39 is 0 Å². The van der Waals surface area contributed by atoms with Gasteiger partial charge in [0.05, 0.1) is 5.92 Å². The summed E-state index contributed by atoms with van der Waals surface area (Å²) in [6.45, 7) is 3.75. The van der Waals surface area contributed by atoms with Crippen molar-refractivity contribution >= 4 is 35.8 Å². The summed E-state index contributed by atoms with van der Waals surface area (Å²) in [6, 6.07) is 14.8. The molecule has 2 aromatic rings. The zero-order valence-corrected chi connectivity index (χ0v) is 20.1. The van der Waals surface area contributed by atoms with Crippen molar-refractivity contribution in [2.75, 3.05) is 20.1 Å². The van der Waals surface area contributed by atoms with Gasteiger partial charge in [0.1, 0.15) is 5.82 Å². The van der Waals surface area contributed by atoms with Crippen molar-refractivity contribution in [3.63, 3.8) is 0 Å². The molecule has 0 radical (unpaired) electrons. The highest BCUT2D eigenvalue weighted by Crippen LogP contribution is 2.18. The molecular formula is C23H31FIN5O. The minimum absolute atomic E-state index is 0. The van der Waals surface area contributed by atoms with E-state index in [0.29, 0.717) is 19.0 Å². The van der Waals surface area contributed by atoms with Crippen LogP contribution in [0.15, 0.2) is 53.5 Å². The molecule has 4 N–H and O–H groups in total. The number of benzene rings is 2. The van der Waals surface area contributed by atoms with E-state index >= 15 is 0 Å². The lowest BCUT2D eigenvalue weighted by Gasteiger charge is -2.31. The van der Waals surface area contributed by atoms with E-state index in [2.05, 4.69) is 44.8 Å². The number of nitrogens with two attached hydrogens (primary N) is 1. The molecule has 0 bridgehead atoms. The molecule has 0 spiro atoms. The summed E-state index contributed by atoms with van der Waals surface area (Å²) in [4.78, 5) is 18.0. The molecule has 1 amide bonds. The normalized spacial score (nSPS) is 17.0. The first-order valence-electron chi connectivity index (χ1n) is 10.3. The first-order valence-corrected chi connectivity index (χ1v) is 10.3. The Balaban J connectivity index is 0.00000341. The molecule has 6 nitrogen and oxygen atoms in total. The third-order valence-corrected chi connectivity index (χ3v) is 5.36. The van der Waals surface area contributed by atoms with E-state index in [1.54, 1.807) is 19.2 Å². The number of guanidine groups is 1. The van der Waals surface area contributed by atoms with Gasteiger partial charge in [0.15, 0.2) is 5.96 Å². The molecular weight excluding hydrogens is 508 g/mol. The van der Waals surface area contributed by atoms with E-state index in [-0.39, 0.29) is 41.6 Å². The number of likely N-dealkylation sites (tertiary alicyclic amines) is 1. The van der Waals surface area contributed by atoms with E-state index in [1.165, 1.54) is 17.7 Å². The van der Waals surface area contributed by atoms with Crippen molar-refractivity contribution in [2.24, 2.45) is 16.6 Å². The SMILES string of the molecule is CN=C(NCc1ccc(F)cc1)NCc1cccc(CN2CCCC(C(N)=O)C2)c1.I. The Bertz CT molecular complexity index is 875. The first-order chi connectivity index (χ1) is 14.5. The van der Waals surface area contributed by atoms with Gasteiger partial charge in [-0.3, -0.25) is 14.7 Å². The Kier molecular flexibility index (Phi) is 10.2. The molecule has 1 atom stereocenters. The number of piperidine rings is 1. The summed E-state index contributed by atoms with van der Waals surface area (Å²) >= 11 is 0. The fourth-order valence-electron chi connectivity index (χ4n) is 3.72. The number of hydrogen-bond donors (Lipinski definition) is 3. The second-order valence-electron chi connectivity index (χ2n) is 7.70. The number of hydrogen-bond acceptors (Lipinski definition) is 3. The number of primary amides is 1. The topological polar surface area (TPSA) is 82.8 Å². The number of carbonyl (C=O) groups excluding carboxylic acids is 1. The fraction of sp³-hybridized carbons (Fsp3) is 0.391. The van der Waals surface area contributed by atoms with Gasteiger partial charge in [0.2, 0.25) is 5.91 Å². The van der Waals surface area contributed by atoms with Crippen LogP contribution in [0.25, 0.3) is 0 Å². The summed E-state index contributed by atoms with van der Waals surface area (Å²) in [5, 5.41) is 6.55. The largest absolute Gasteiger partial charge is 0.369 e. The lowest BCUT2D eigenvalue weighted by atomic mass is 9.97. The number of aliphatic imine (C=N–C) groups is 1. The van der Waals surface area contributed by atoms with Gasteiger partial charge in [-0.2, -0.15) is 0 Å². The third-order valence-electron chi connectivity index (χ3n) is 5.36. The molecule has 8 heteroatoms. The molecule has 2 aromatic carbocycles. The van der Waals surface area contributed by atoms with Crippen molar-refractivity contribution in [1.82, 2.24) is 15.5 Å². The molecule has 31 heavy (non-hydrogen) atoms. The van der Waals surface area contributed by atoms with Crippen molar-refractivity contribution in [3.8, 4) is 0 Å². The highest BCUT2D eigenvalue weighted by atomic mass is 127. The van der Waals surface area contributed by atoms with Crippen LogP contribution in [0, 0.1) is 11.7 Å². The summed E-state index contributed by atoms with van der Waals surface area (Å²) in [5.41, 5.74) is 8.84. The second-order valence-corrected chi connectivity index (χ2v) is 7.70. The van der Waals surface area contributed by atoms with E-state index in [0.717, 1.165) is 43.6 Å². The molecule has 0 saturated carbocycles. The standard InChI is InChI=1S/C23H30FN5O.HI/c1-26-23(27-13-17-7-9-21(24)10-8-17)28-14-18-4-2-5-19(12-18)15-29-11-3-6-20(16-29)22(25)30;/h2,4-5,7-10,12,20H,3,6,11,13-16H2,1H3,(H2,25,30)(H2,26,27,28);1H. The van der Waals surface area contributed by atoms with Crippen LogP contribution in [0.2, 0.25) is 0 Å². The highest BCUT2D eigenvalue weighted by Gasteiger charge is 2.23. The summed E-state index contributed by atoms with van der Waals surface area (Å²) in [6.07, 6.45) is 1.89. The monoisotopic (exact) mass is 539 g/mol. The number of carbonyl (C=O) groups is 1. The average Bonchev–Trinajstić information content (AvgIpc) is 2.75. The van der Waals surface area contributed by atoms with Gasteiger partial charge in [0, 0.05) is 33.2 Å². The Morgan fingerprint density at radius 2 is 1.81 bits per heavy atom. The Labute approximate surface area is 200 Å². The van der Waals surface area contributed by atoms with Crippen molar-refractivity contribution in [1.29, 1.82) is 0 Å². The molecule has 1 heterocycles. The molecule has 1 saturated heterocycles. The summed E-state index contributed by atoms with van der Waals surface area (Å²) in [7, 11) is 1.72. The molecule has 168 valence electrons. The van der Waals surface area contributed by atoms with Crippen LogP contribution in [0.3, 0.4) is 0 Å². The maximum atomic E-state index is 13.0. The van der Waals surface area contributed by atoms with Gasteiger partial charge in [-0.05, 0) is 48.2 Å². The number of nitrogens with zero attached hydrogens (tertiary/aromatic N) is 2. The van der Waals surface area contributed by atoms with Gasteiger partial charge in [0.25, 0.3) is 0 Å². The van der Waals surface area contributed by atoms with E-state index in [9.17, 15) is 9.18 Å². The molecule has 1 fully saturated rings. The van der Waals surface area contributed by atoms with Crippen LogP contribution >= 0.6 is 24.0 Å². The highest BCUT2D eigenvalue weighted by molar-refractivity contribution is 14.0. The van der Waals surface area contributed by atoms with Crippen LogP contribution < -0.4 is 16.4 Å². The number of nitrogens with one attached hydrogen (secondary N) is 2. The van der Waals surface area contributed by atoms with Crippen LogP contribution in [0.4, 0.5) is 4.39 Å². The molecule has 3 rings (SSSR count). The number of rotatable bonds is 7. The van der Waals surface area contributed by atoms with Crippen molar-refractivity contribution in [3.05, 3.63) is 71.0 Å². The summed E-state index contributed by atoms with van der Waals surface area (Å²) in [5.74, 6) is 0.206.